The SMILES string of the molecule is Cc1nn(C2CCCCC2C(C)C)c(N)c1Cl. The van der Waals surface area contributed by atoms with Crippen molar-refractivity contribution < 1.29 is 0 Å². The maximum absolute atomic E-state index is 6.14. The van der Waals surface area contributed by atoms with Gasteiger partial charge in [0.05, 0.1) is 11.7 Å². The Labute approximate surface area is 108 Å². The molecule has 0 aromatic carbocycles. The molecule has 17 heavy (non-hydrogen) atoms. The van der Waals surface area contributed by atoms with E-state index in [1.54, 1.807) is 0 Å². The fourth-order valence-corrected chi connectivity index (χ4v) is 3.14. The van der Waals surface area contributed by atoms with Gasteiger partial charge in [-0.15, -0.1) is 0 Å². The fraction of sp³-hybridized carbons (Fsp3) is 0.769. The molecule has 4 heteroatoms. The van der Waals surface area contributed by atoms with Crippen LogP contribution in [0.4, 0.5) is 5.82 Å². The van der Waals surface area contributed by atoms with Crippen LogP contribution in [0.3, 0.4) is 0 Å². The van der Waals surface area contributed by atoms with Crippen molar-refractivity contribution in [2.45, 2.75) is 52.5 Å². The molecule has 2 N–H and O–H groups in total. The third kappa shape index (κ3) is 2.30. The summed E-state index contributed by atoms with van der Waals surface area (Å²) >= 11 is 6.14. The highest BCUT2D eigenvalue weighted by atomic mass is 35.5. The van der Waals surface area contributed by atoms with Gasteiger partial charge >= 0.3 is 0 Å². The van der Waals surface area contributed by atoms with E-state index in [0.29, 0.717) is 28.7 Å². The van der Waals surface area contributed by atoms with Gasteiger partial charge < -0.3 is 5.73 Å². The van der Waals surface area contributed by atoms with Crippen LogP contribution in [0.1, 0.15) is 51.3 Å². The number of hydrogen-bond acceptors (Lipinski definition) is 2. The first kappa shape index (κ1) is 12.7. The summed E-state index contributed by atoms with van der Waals surface area (Å²) in [4.78, 5) is 0. The second-order valence-corrected chi connectivity index (χ2v) is 5.87. The van der Waals surface area contributed by atoms with E-state index in [1.807, 2.05) is 11.6 Å². The van der Waals surface area contributed by atoms with E-state index < -0.39 is 0 Å². The summed E-state index contributed by atoms with van der Waals surface area (Å²) in [5, 5.41) is 5.15. The number of aryl methyl sites for hydroxylation is 1. The highest BCUT2D eigenvalue weighted by molar-refractivity contribution is 6.33. The van der Waals surface area contributed by atoms with Gasteiger partial charge in [0.15, 0.2) is 0 Å². The van der Waals surface area contributed by atoms with E-state index in [9.17, 15) is 0 Å². The van der Waals surface area contributed by atoms with Crippen LogP contribution in [0.5, 0.6) is 0 Å². The lowest BCUT2D eigenvalue weighted by atomic mass is 9.78. The van der Waals surface area contributed by atoms with Gasteiger partial charge in [-0.1, -0.05) is 38.3 Å². The number of anilines is 1. The van der Waals surface area contributed by atoms with Crippen LogP contribution in [-0.4, -0.2) is 9.78 Å². The van der Waals surface area contributed by atoms with Crippen LogP contribution >= 0.6 is 11.6 Å². The monoisotopic (exact) mass is 255 g/mol. The van der Waals surface area contributed by atoms with Crippen LogP contribution < -0.4 is 5.73 Å². The largest absolute Gasteiger partial charge is 0.383 e. The number of nitrogen functional groups attached to an aromatic ring is 1. The molecule has 1 aliphatic rings. The van der Waals surface area contributed by atoms with Crippen LogP contribution in [0.25, 0.3) is 0 Å². The standard InChI is InChI=1S/C13H22ClN3/c1-8(2)10-6-4-5-7-11(10)17-13(15)12(14)9(3)16-17/h8,10-11H,4-7,15H2,1-3H3. The Balaban J connectivity index is 2.33. The van der Waals surface area contributed by atoms with E-state index in [1.165, 1.54) is 25.7 Å². The maximum Gasteiger partial charge on any atom is 0.141 e. The Bertz CT molecular complexity index is 398. The van der Waals surface area contributed by atoms with Crippen molar-refractivity contribution >= 4 is 17.4 Å². The van der Waals surface area contributed by atoms with E-state index in [2.05, 4.69) is 18.9 Å². The first-order chi connectivity index (χ1) is 8.02. The smallest absolute Gasteiger partial charge is 0.141 e. The van der Waals surface area contributed by atoms with Gasteiger partial charge in [-0.2, -0.15) is 5.10 Å². The number of nitrogens with two attached hydrogens (primary N) is 1. The van der Waals surface area contributed by atoms with Gasteiger partial charge in [0.1, 0.15) is 10.8 Å². The molecular formula is C13H22ClN3. The third-order valence-corrected chi connectivity index (χ3v) is 4.47. The van der Waals surface area contributed by atoms with E-state index in [0.717, 1.165) is 5.69 Å². The lowest BCUT2D eigenvalue weighted by Crippen LogP contribution is -2.28. The fourth-order valence-electron chi connectivity index (χ4n) is 3.02. The zero-order chi connectivity index (χ0) is 12.6. The summed E-state index contributed by atoms with van der Waals surface area (Å²) in [6.07, 6.45) is 5.04. The molecule has 0 bridgehead atoms. The second-order valence-electron chi connectivity index (χ2n) is 5.49. The topological polar surface area (TPSA) is 43.8 Å². The molecule has 0 aliphatic heterocycles. The highest BCUT2D eigenvalue weighted by Gasteiger charge is 2.31. The Morgan fingerprint density at radius 1 is 1.35 bits per heavy atom. The molecule has 0 saturated heterocycles. The Morgan fingerprint density at radius 2 is 2.00 bits per heavy atom. The highest BCUT2D eigenvalue weighted by Crippen LogP contribution is 2.40. The predicted octanol–water partition coefficient (Wildman–Crippen LogP) is 3.81. The van der Waals surface area contributed by atoms with Gasteiger partial charge in [-0.05, 0) is 31.6 Å². The summed E-state index contributed by atoms with van der Waals surface area (Å²) in [7, 11) is 0. The molecule has 3 nitrogen and oxygen atoms in total. The van der Waals surface area contributed by atoms with Crippen molar-refractivity contribution in [3.05, 3.63) is 10.7 Å². The van der Waals surface area contributed by atoms with Gasteiger partial charge in [-0.25, -0.2) is 4.68 Å². The number of nitrogens with zero attached hydrogens (tertiary/aromatic N) is 2. The third-order valence-electron chi connectivity index (χ3n) is 4.00. The molecule has 2 rings (SSSR count). The van der Waals surface area contributed by atoms with Gasteiger partial charge in [0.2, 0.25) is 0 Å². The zero-order valence-corrected chi connectivity index (χ0v) is 11.7. The van der Waals surface area contributed by atoms with Crippen molar-refractivity contribution in [2.75, 3.05) is 5.73 Å². The summed E-state index contributed by atoms with van der Waals surface area (Å²) in [5.41, 5.74) is 6.91. The van der Waals surface area contributed by atoms with Gasteiger partial charge in [0, 0.05) is 0 Å². The normalized spacial score (nSPS) is 25.5. The molecule has 2 atom stereocenters. The summed E-state index contributed by atoms with van der Waals surface area (Å²) < 4.78 is 1.97. The first-order valence-corrected chi connectivity index (χ1v) is 6.90. The van der Waals surface area contributed by atoms with E-state index >= 15 is 0 Å². The summed E-state index contributed by atoms with van der Waals surface area (Å²) in [6, 6.07) is 0.426. The van der Waals surface area contributed by atoms with Crippen molar-refractivity contribution in [1.82, 2.24) is 9.78 Å². The number of hydrogen-bond donors (Lipinski definition) is 1. The van der Waals surface area contributed by atoms with Crippen molar-refractivity contribution in [1.29, 1.82) is 0 Å². The Morgan fingerprint density at radius 3 is 2.53 bits per heavy atom. The average molecular weight is 256 g/mol. The van der Waals surface area contributed by atoms with E-state index in [-0.39, 0.29) is 0 Å². The minimum Gasteiger partial charge on any atom is -0.383 e. The Hall–Kier alpha value is -0.700. The molecule has 0 spiro atoms. The average Bonchev–Trinajstić information content (AvgIpc) is 2.57. The van der Waals surface area contributed by atoms with Crippen molar-refractivity contribution in [3.63, 3.8) is 0 Å². The molecule has 1 saturated carbocycles. The Kier molecular flexibility index (Phi) is 3.67. The van der Waals surface area contributed by atoms with E-state index in [4.69, 9.17) is 17.3 Å². The summed E-state index contributed by atoms with van der Waals surface area (Å²) in [6.45, 7) is 6.50. The summed E-state index contributed by atoms with van der Waals surface area (Å²) in [5.74, 6) is 1.98. The van der Waals surface area contributed by atoms with Crippen molar-refractivity contribution in [2.24, 2.45) is 11.8 Å². The molecule has 1 aliphatic carbocycles. The predicted molar refractivity (Wildman–Crippen MR) is 72.2 cm³/mol. The molecular weight excluding hydrogens is 234 g/mol. The quantitative estimate of drug-likeness (QED) is 0.873. The molecule has 1 heterocycles. The van der Waals surface area contributed by atoms with Gasteiger partial charge in [0.25, 0.3) is 0 Å². The van der Waals surface area contributed by atoms with Crippen LogP contribution in [0.2, 0.25) is 5.02 Å². The molecule has 96 valence electrons. The molecule has 0 amide bonds. The lowest BCUT2D eigenvalue weighted by Gasteiger charge is -2.34. The van der Waals surface area contributed by atoms with Gasteiger partial charge in [-0.3, -0.25) is 0 Å². The second kappa shape index (κ2) is 4.89. The number of aromatic nitrogens is 2. The van der Waals surface area contributed by atoms with Crippen LogP contribution in [-0.2, 0) is 0 Å². The number of rotatable bonds is 2. The molecule has 1 aromatic heterocycles. The maximum atomic E-state index is 6.14. The molecule has 2 unspecified atom stereocenters. The first-order valence-electron chi connectivity index (χ1n) is 6.52. The minimum absolute atomic E-state index is 0.426. The van der Waals surface area contributed by atoms with Crippen LogP contribution in [0.15, 0.2) is 0 Å². The molecule has 1 fully saturated rings. The molecule has 0 radical (unpaired) electrons. The lowest BCUT2D eigenvalue weighted by molar-refractivity contribution is 0.174. The number of halogens is 1. The molecule has 1 aromatic rings. The minimum atomic E-state index is 0.426. The zero-order valence-electron chi connectivity index (χ0n) is 10.9. The van der Waals surface area contributed by atoms with Crippen molar-refractivity contribution in [3.8, 4) is 0 Å². The van der Waals surface area contributed by atoms with Crippen LogP contribution in [0, 0.1) is 18.8 Å².